The summed E-state index contributed by atoms with van der Waals surface area (Å²) in [5.41, 5.74) is 0.980. The molecule has 0 fully saturated rings. The highest BCUT2D eigenvalue weighted by Gasteiger charge is 2.12. The Morgan fingerprint density at radius 3 is 2.11 bits per heavy atom. The minimum Gasteiger partial charge on any atom is -0.494 e. The van der Waals surface area contributed by atoms with Crippen molar-refractivity contribution in [2.45, 2.75) is 18.7 Å². The van der Waals surface area contributed by atoms with Gasteiger partial charge in [-0.2, -0.15) is 0 Å². The summed E-state index contributed by atoms with van der Waals surface area (Å²) in [6.45, 7) is 4.46. The predicted octanol–water partition coefficient (Wildman–Crippen LogP) is 1.87. The summed E-state index contributed by atoms with van der Waals surface area (Å²) in [6.07, 6.45) is 0. The molecule has 146 valence electrons. The van der Waals surface area contributed by atoms with Gasteiger partial charge in [-0.3, -0.25) is 4.79 Å². The molecule has 1 amide bonds. The van der Waals surface area contributed by atoms with Crippen LogP contribution in [0.4, 0.5) is 0 Å². The van der Waals surface area contributed by atoms with Crippen molar-refractivity contribution >= 4 is 15.9 Å². The van der Waals surface area contributed by atoms with Crippen LogP contribution in [0.5, 0.6) is 11.5 Å². The third-order valence-electron chi connectivity index (χ3n) is 3.58. The summed E-state index contributed by atoms with van der Waals surface area (Å²) in [6, 6.07) is 13.5. The molecule has 0 heterocycles. The molecule has 0 unspecified atom stereocenters. The topological polar surface area (TPSA) is 93.7 Å². The first kappa shape index (κ1) is 20.7. The van der Waals surface area contributed by atoms with Crippen LogP contribution in [-0.4, -0.2) is 40.6 Å². The van der Waals surface area contributed by atoms with Gasteiger partial charge in [0.25, 0.3) is 5.91 Å². The van der Waals surface area contributed by atoms with Crippen molar-refractivity contribution in [2.24, 2.45) is 0 Å². The molecular formula is C19H24N2O5S. The lowest BCUT2D eigenvalue weighted by Crippen LogP contribution is -2.36. The van der Waals surface area contributed by atoms with Crippen molar-refractivity contribution in [3.63, 3.8) is 0 Å². The Hall–Kier alpha value is -2.58. The molecule has 0 aliphatic heterocycles. The standard InChI is InChI=1S/C19H24N2O5S/c1-3-25-16-6-8-17(9-7-16)26-14-19(22)20-12-13-21-27(23,24)18-10-4-15(2)5-11-18/h4-11,21H,3,12-14H2,1-2H3,(H,20,22). The van der Waals surface area contributed by atoms with E-state index in [0.717, 1.165) is 11.3 Å². The molecule has 2 N–H and O–H groups in total. The first-order chi connectivity index (χ1) is 12.9. The van der Waals surface area contributed by atoms with Crippen LogP contribution in [0.15, 0.2) is 53.4 Å². The lowest BCUT2D eigenvalue weighted by atomic mass is 10.2. The largest absolute Gasteiger partial charge is 0.494 e. The second-order valence-corrected chi connectivity index (χ2v) is 7.52. The average molecular weight is 392 g/mol. The molecule has 2 rings (SSSR count). The number of carbonyl (C=O) groups is 1. The van der Waals surface area contributed by atoms with E-state index in [1.54, 1.807) is 48.5 Å². The van der Waals surface area contributed by atoms with E-state index in [2.05, 4.69) is 10.0 Å². The van der Waals surface area contributed by atoms with E-state index in [1.807, 2.05) is 13.8 Å². The molecule has 0 aliphatic rings. The molecule has 7 nitrogen and oxygen atoms in total. The van der Waals surface area contributed by atoms with Crippen LogP contribution in [-0.2, 0) is 14.8 Å². The SMILES string of the molecule is CCOc1ccc(OCC(=O)NCCNS(=O)(=O)c2ccc(C)cc2)cc1. The lowest BCUT2D eigenvalue weighted by molar-refractivity contribution is -0.123. The molecule has 0 saturated carbocycles. The summed E-state index contributed by atoms with van der Waals surface area (Å²) < 4.78 is 37.4. The monoisotopic (exact) mass is 392 g/mol. The number of amides is 1. The van der Waals surface area contributed by atoms with E-state index < -0.39 is 10.0 Å². The maximum Gasteiger partial charge on any atom is 0.257 e. The van der Waals surface area contributed by atoms with Gasteiger partial charge in [-0.25, -0.2) is 13.1 Å². The molecule has 0 atom stereocenters. The smallest absolute Gasteiger partial charge is 0.257 e. The Balaban J connectivity index is 1.69. The summed E-state index contributed by atoms with van der Waals surface area (Å²) in [5, 5.41) is 2.60. The van der Waals surface area contributed by atoms with Gasteiger partial charge >= 0.3 is 0 Å². The molecule has 8 heteroatoms. The van der Waals surface area contributed by atoms with Crippen LogP contribution in [0.1, 0.15) is 12.5 Å². The van der Waals surface area contributed by atoms with Crippen LogP contribution in [0.3, 0.4) is 0 Å². The third kappa shape index (κ3) is 6.92. The second-order valence-electron chi connectivity index (χ2n) is 5.75. The van der Waals surface area contributed by atoms with E-state index in [0.29, 0.717) is 12.4 Å². The van der Waals surface area contributed by atoms with Crippen molar-refractivity contribution in [3.8, 4) is 11.5 Å². The predicted molar refractivity (Wildman–Crippen MR) is 102 cm³/mol. The molecule has 0 spiro atoms. The number of hydrogen-bond acceptors (Lipinski definition) is 5. The molecule has 2 aromatic carbocycles. The van der Waals surface area contributed by atoms with E-state index in [1.165, 1.54) is 0 Å². The number of aryl methyl sites for hydroxylation is 1. The fraction of sp³-hybridized carbons (Fsp3) is 0.316. The van der Waals surface area contributed by atoms with Crippen molar-refractivity contribution < 1.29 is 22.7 Å². The zero-order valence-corrected chi connectivity index (χ0v) is 16.2. The van der Waals surface area contributed by atoms with Crippen molar-refractivity contribution in [1.29, 1.82) is 0 Å². The minimum absolute atomic E-state index is 0.0883. The Morgan fingerprint density at radius 1 is 0.926 bits per heavy atom. The van der Waals surface area contributed by atoms with E-state index >= 15 is 0 Å². The zero-order chi connectivity index (χ0) is 19.7. The van der Waals surface area contributed by atoms with Crippen molar-refractivity contribution in [1.82, 2.24) is 10.0 Å². The highest BCUT2D eigenvalue weighted by molar-refractivity contribution is 7.89. The lowest BCUT2D eigenvalue weighted by Gasteiger charge is -2.10. The van der Waals surface area contributed by atoms with E-state index in [9.17, 15) is 13.2 Å². The van der Waals surface area contributed by atoms with Crippen LogP contribution < -0.4 is 19.5 Å². The third-order valence-corrected chi connectivity index (χ3v) is 5.05. The van der Waals surface area contributed by atoms with Gasteiger partial charge in [0.2, 0.25) is 10.0 Å². The molecule has 0 bridgehead atoms. The van der Waals surface area contributed by atoms with Gasteiger partial charge in [-0.05, 0) is 50.2 Å². The zero-order valence-electron chi connectivity index (χ0n) is 15.4. The number of nitrogens with one attached hydrogen (secondary N) is 2. The number of hydrogen-bond donors (Lipinski definition) is 2. The first-order valence-electron chi connectivity index (χ1n) is 8.59. The number of ether oxygens (including phenoxy) is 2. The maximum atomic E-state index is 12.1. The van der Waals surface area contributed by atoms with Crippen LogP contribution in [0.2, 0.25) is 0 Å². The Kier molecular flexibility index (Phi) is 7.63. The Morgan fingerprint density at radius 2 is 1.52 bits per heavy atom. The second kappa shape index (κ2) is 9.94. The number of benzene rings is 2. The first-order valence-corrected chi connectivity index (χ1v) is 10.1. The fourth-order valence-electron chi connectivity index (χ4n) is 2.19. The Bertz CT molecular complexity index is 833. The quantitative estimate of drug-likeness (QED) is 0.602. The van der Waals surface area contributed by atoms with Gasteiger partial charge in [-0.1, -0.05) is 17.7 Å². The van der Waals surface area contributed by atoms with Crippen molar-refractivity contribution in [3.05, 3.63) is 54.1 Å². The highest BCUT2D eigenvalue weighted by atomic mass is 32.2. The van der Waals surface area contributed by atoms with Crippen molar-refractivity contribution in [2.75, 3.05) is 26.3 Å². The van der Waals surface area contributed by atoms with Gasteiger partial charge in [0.05, 0.1) is 11.5 Å². The van der Waals surface area contributed by atoms with Gasteiger partial charge in [-0.15, -0.1) is 0 Å². The number of carbonyl (C=O) groups excluding carboxylic acids is 1. The van der Waals surface area contributed by atoms with Gasteiger partial charge in [0, 0.05) is 13.1 Å². The average Bonchev–Trinajstić information content (AvgIpc) is 2.65. The maximum absolute atomic E-state index is 12.1. The number of rotatable bonds is 10. The molecule has 2 aromatic rings. The fourth-order valence-corrected chi connectivity index (χ4v) is 3.22. The van der Waals surface area contributed by atoms with Gasteiger partial charge < -0.3 is 14.8 Å². The normalized spacial score (nSPS) is 11.0. The summed E-state index contributed by atoms with van der Waals surface area (Å²) in [4.78, 5) is 12.0. The summed E-state index contributed by atoms with van der Waals surface area (Å²) in [5.74, 6) is 0.947. The molecule has 0 aromatic heterocycles. The van der Waals surface area contributed by atoms with Crippen LogP contribution in [0, 0.1) is 6.92 Å². The molecule has 0 radical (unpaired) electrons. The molecular weight excluding hydrogens is 368 g/mol. The van der Waals surface area contributed by atoms with Crippen LogP contribution in [0.25, 0.3) is 0 Å². The molecule has 0 aliphatic carbocycles. The number of sulfonamides is 1. The van der Waals surface area contributed by atoms with Crippen LogP contribution >= 0.6 is 0 Å². The summed E-state index contributed by atoms with van der Waals surface area (Å²) >= 11 is 0. The minimum atomic E-state index is -3.58. The Labute approximate surface area is 159 Å². The molecule has 27 heavy (non-hydrogen) atoms. The van der Waals surface area contributed by atoms with Gasteiger partial charge in [0.15, 0.2) is 6.61 Å². The van der Waals surface area contributed by atoms with E-state index in [-0.39, 0.29) is 30.5 Å². The summed E-state index contributed by atoms with van der Waals surface area (Å²) in [7, 11) is -3.58. The highest BCUT2D eigenvalue weighted by Crippen LogP contribution is 2.17. The molecule has 0 saturated heterocycles. The van der Waals surface area contributed by atoms with E-state index in [4.69, 9.17) is 9.47 Å². The van der Waals surface area contributed by atoms with Gasteiger partial charge in [0.1, 0.15) is 11.5 Å².